The number of hydrogen-bond acceptors (Lipinski definition) is 9. The second-order valence-electron chi connectivity index (χ2n) is 8.79. The zero-order valence-corrected chi connectivity index (χ0v) is 22.6. The highest BCUT2D eigenvalue weighted by molar-refractivity contribution is 7.81. The number of nitro groups is 1. The topological polar surface area (TPSA) is 199 Å². The molecule has 0 aliphatic heterocycles. The van der Waals surface area contributed by atoms with Gasteiger partial charge in [0.25, 0.3) is 11.6 Å². The van der Waals surface area contributed by atoms with Crippen molar-refractivity contribution in [3.8, 4) is 22.6 Å². The van der Waals surface area contributed by atoms with Gasteiger partial charge in [0.1, 0.15) is 0 Å². The van der Waals surface area contributed by atoms with E-state index in [1.54, 1.807) is 24.3 Å². The fraction of sp³-hybridized carbons (Fsp3) is 0. The third kappa shape index (κ3) is 5.98. The molecule has 5 rings (SSSR count). The Hall–Kier alpha value is -5.09. The molecule has 214 valence electrons. The van der Waals surface area contributed by atoms with Crippen molar-refractivity contribution < 1.29 is 44.0 Å². The number of non-ortho nitro benzene ring substituents is 1. The molecule has 15 heteroatoms. The molecule has 0 atom stereocenters. The molecule has 0 spiro atoms. The van der Waals surface area contributed by atoms with E-state index in [-0.39, 0.29) is 44.2 Å². The maximum absolute atomic E-state index is 13.2. The van der Waals surface area contributed by atoms with Gasteiger partial charge >= 0.3 is 20.8 Å². The van der Waals surface area contributed by atoms with E-state index in [4.69, 9.17) is 8.37 Å². The molecule has 0 aliphatic carbocycles. The van der Waals surface area contributed by atoms with Gasteiger partial charge in [-0.3, -0.25) is 24.0 Å². The van der Waals surface area contributed by atoms with Crippen LogP contribution < -0.4 is 13.7 Å². The van der Waals surface area contributed by atoms with Crippen LogP contribution in [0.4, 0.5) is 11.4 Å². The summed E-state index contributed by atoms with van der Waals surface area (Å²) in [6, 6.07) is 21.9. The largest absolute Gasteiger partial charge is 0.446 e. The van der Waals surface area contributed by atoms with Gasteiger partial charge < -0.3 is 13.7 Å². The summed E-state index contributed by atoms with van der Waals surface area (Å²) in [4.78, 5) is 23.6. The number of benzene rings is 5. The van der Waals surface area contributed by atoms with Gasteiger partial charge in [-0.2, -0.15) is 16.8 Å². The number of anilines is 1. The van der Waals surface area contributed by atoms with Gasteiger partial charge in [0.05, 0.1) is 16.0 Å². The number of nitrogens with one attached hydrogen (secondary N) is 1. The minimum Gasteiger partial charge on any atom is -0.360 e. The number of carbonyl (C=O) groups is 1. The van der Waals surface area contributed by atoms with E-state index in [2.05, 4.69) is 5.32 Å². The molecular formula is C27H18N2O11S2. The van der Waals surface area contributed by atoms with E-state index in [0.29, 0.717) is 11.1 Å². The van der Waals surface area contributed by atoms with Crippen LogP contribution in [-0.4, -0.2) is 36.8 Å². The van der Waals surface area contributed by atoms with E-state index in [0.717, 1.165) is 0 Å². The van der Waals surface area contributed by atoms with Crippen LogP contribution in [-0.2, 0) is 20.8 Å². The number of nitro benzene ring substituents is 1. The highest BCUT2D eigenvalue weighted by atomic mass is 32.3. The lowest BCUT2D eigenvalue weighted by atomic mass is 9.99. The van der Waals surface area contributed by atoms with E-state index < -0.39 is 37.4 Å². The first-order chi connectivity index (χ1) is 19.8. The van der Waals surface area contributed by atoms with Gasteiger partial charge in [-0.1, -0.05) is 48.5 Å². The molecule has 0 aromatic heterocycles. The van der Waals surface area contributed by atoms with Gasteiger partial charge in [-0.25, -0.2) is 0 Å². The van der Waals surface area contributed by atoms with Crippen LogP contribution in [0.1, 0.15) is 10.4 Å². The summed E-state index contributed by atoms with van der Waals surface area (Å²) >= 11 is 0. The molecule has 0 radical (unpaired) electrons. The Bertz CT molecular complexity index is 2100. The van der Waals surface area contributed by atoms with E-state index in [9.17, 15) is 40.8 Å². The molecular weight excluding hydrogens is 592 g/mol. The predicted octanol–water partition coefficient (Wildman–Crippen LogP) is 5.18. The number of amides is 1. The van der Waals surface area contributed by atoms with Crippen LogP contribution in [0, 0.1) is 10.1 Å². The lowest BCUT2D eigenvalue weighted by Crippen LogP contribution is -2.14. The fourth-order valence-corrected chi connectivity index (χ4v) is 5.19. The molecule has 0 bridgehead atoms. The Kier molecular flexibility index (Phi) is 7.26. The lowest BCUT2D eigenvalue weighted by Gasteiger charge is -2.18. The summed E-state index contributed by atoms with van der Waals surface area (Å²) in [5.74, 6) is -1.47. The molecule has 13 nitrogen and oxygen atoms in total. The van der Waals surface area contributed by atoms with Crippen molar-refractivity contribution in [1.29, 1.82) is 0 Å². The maximum Gasteiger partial charge on any atom is 0.446 e. The summed E-state index contributed by atoms with van der Waals surface area (Å²) in [6.07, 6.45) is 0. The van der Waals surface area contributed by atoms with E-state index >= 15 is 0 Å². The van der Waals surface area contributed by atoms with E-state index in [1.807, 2.05) is 0 Å². The van der Waals surface area contributed by atoms with Crippen molar-refractivity contribution in [1.82, 2.24) is 0 Å². The number of fused-ring (bicyclic) bond motifs is 2. The van der Waals surface area contributed by atoms with E-state index in [1.165, 1.54) is 66.7 Å². The minimum atomic E-state index is -5.10. The molecule has 0 aliphatic rings. The third-order valence-corrected chi connectivity index (χ3v) is 6.89. The van der Waals surface area contributed by atoms with Crippen LogP contribution in [0.2, 0.25) is 0 Å². The van der Waals surface area contributed by atoms with Crippen molar-refractivity contribution in [3.05, 3.63) is 107 Å². The van der Waals surface area contributed by atoms with Crippen molar-refractivity contribution >= 4 is 59.6 Å². The second-order valence-corrected chi connectivity index (χ2v) is 10.8. The van der Waals surface area contributed by atoms with Crippen molar-refractivity contribution in [2.75, 3.05) is 5.32 Å². The standard InChI is InChI=1S/C27H18N2O11S2/c30-27(18-10-8-16(9-11-18)17-12-14-19(15-13-17)29(31)32)28-23-7-3-6-22-24(23)26(40-42(36,37)38)21-5-2-1-4-20(21)25(22)39-41(33,34)35/h1-15H,(H,28,30)(H,33,34,35)(H,36,37,38). The highest BCUT2D eigenvalue weighted by Gasteiger charge is 2.25. The Morgan fingerprint density at radius 1 is 0.690 bits per heavy atom. The quantitative estimate of drug-likeness (QED) is 0.0904. The molecule has 42 heavy (non-hydrogen) atoms. The fourth-order valence-electron chi connectivity index (χ4n) is 4.42. The van der Waals surface area contributed by atoms with Crippen LogP contribution >= 0.6 is 0 Å². The van der Waals surface area contributed by atoms with Crippen molar-refractivity contribution in [2.24, 2.45) is 0 Å². The molecule has 3 N–H and O–H groups in total. The van der Waals surface area contributed by atoms with Crippen molar-refractivity contribution in [2.45, 2.75) is 0 Å². The number of carbonyl (C=O) groups excluding carboxylic acids is 1. The second kappa shape index (κ2) is 10.7. The van der Waals surface area contributed by atoms with Gasteiger partial charge in [0, 0.05) is 33.9 Å². The summed E-state index contributed by atoms with van der Waals surface area (Å²) in [5.41, 5.74) is 1.41. The first kappa shape index (κ1) is 28.4. The monoisotopic (exact) mass is 610 g/mol. The smallest absolute Gasteiger partial charge is 0.360 e. The molecule has 0 fully saturated rings. The Labute approximate surface area is 238 Å². The minimum absolute atomic E-state index is 0.0181. The van der Waals surface area contributed by atoms with Gasteiger partial charge in [0.15, 0.2) is 11.5 Å². The third-order valence-electron chi connectivity index (χ3n) is 6.14. The molecule has 0 saturated heterocycles. The van der Waals surface area contributed by atoms with Crippen LogP contribution in [0.5, 0.6) is 11.5 Å². The lowest BCUT2D eigenvalue weighted by molar-refractivity contribution is -0.384. The summed E-state index contributed by atoms with van der Waals surface area (Å²) < 4.78 is 75.7. The average Bonchev–Trinajstić information content (AvgIpc) is 2.93. The Balaban J connectivity index is 1.60. The zero-order chi connectivity index (χ0) is 30.2. The molecule has 5 aromatic rings. The molecule has 0 saturated carbocycles. The average molecular weight is 611 g/mol. The molecule has 0 unspecified atom stereocenters. The van der Waals surface area contributed by atoms with Gasteiger partial charge in [0.2, 0.25) is 0 Å². The Morgan fingerprint density at radius 2 is 1.19 bits per heavy atom. The molecule has 5 aromatic carbocycles. The SMILES string of the molecule is O=C(Nc1cccc2c(OS(=O)(=O)O)c3ccccc3c(OS(=O)(=O)O)c12)c1ccc(-c2ccc([N+](=O)[O-])cc2)cc1. The highest BCUT2D eigenvalue weighted by Crippen LogP contribution is 2.46. The Morgan fingerprint density at radius 3 is 1.74 bits per heavy atom. The first-order valence-electron chi connectivity index (χ1n) is 11.8. The van der Waals surface area contributed by atoms with Crippen LogP contribution in [0.25, 0.3) is 32.7 Å². The number of nitrogens with zero attached hydrogens (tertiary/aromatic N) is 1. The summed E-state index contributed by atoms with van der Waals surface area (Å²) in [5, 5.41) is 13.3. The van der Waals surface area contributed by atoms with Gasteiger partial charge in [-0.05, 0) is 41.5 Å². The number of hydrogen-bond donors (Lipinski definition) is 3. The predicted molar refractivity (Wildman–Crippen MR) is 152 cm³/mol. The summed E-state index contributed by atoms with van der Waals surface area (Å²) in [6.45, 7) is 0. The van der Waals surface area contributed by atoms with Crippen LogP contribution in [0.15, 0.2) is 91.0 Å². The summed E-state index contributed by atoms with van der Waals surface area (Å²) in [7, 11) is -10.2. The zero-order valence-electron chi connectivity index (χ0n) is 21.0. The van der Waals surface area contributed by atoms with Crippen molar-refractivity contribution in [3.63, 3.8) is 0 Å². The normalized spacial score (nSPS) is 11.8. The maximum atomic E-state index is 13.2. The van der Waals surface area contributed by atoms with Crippen LogP contribution in [0.3, 0.4) is 0 Å². The molecule has 1 amide bonds. The molecule has 0 heterocycles. The van der Waals surface area contributed by atoms with Gasteiger partial charge in [-0.15, -0.1) is 0 Å². The number of rotatable bonds is 8. The first-order valence-corrected chi connectivity index (χ1v) is 14.5.